The van der Waals surface area contributed by atoms with E-state index in [4.69, 9.17) is 15.2 Å². The lowest BCUT2D eigenvalue weighted by Crippen LogP contribution is -2.50. The fraction of sp³-hybridized carbons (Fsp3) is 0.923. The van der Waals surface area contributed by atoms with Crippen LogP contribution in [0, 0.1) is 0 Å². The average molecular weight is 256 g/mol. The SMILES string of the molecule is COC1CCN(C(=O)C2CCC(CN)O2)C(C)C1. The predicted molar refractivity (Wildman–Crippen MR) is 68.2 cm³/mol. The highest BCUT2D eigenvalue weighted by molar-refractivity contribution is 5.81. The van der Waals surface area contributed by atoms with Crippen molar-refractivity contribution in [2.24, 2.45) is 5.73 Å². The molecule has 0 aromatic heterocycles. The minimum Gasteiger partial charge on any atom is -0.381 e. The summed E-state index contributed by atoms with van der Waals surface area (Å²) in [4.78, 5) is 14.3. The van der Waals surface area contributed by atoms with E-state index >= 15 is 0 Å². The molecule has 4 atom stereocenters. The van der Waals surface area contributed by atoms with Crippen LogP contribution in [-0.4, -0.2) is 55.4 Å². The number of hydrogen-bond donors (Lipinski definition) is 1. The van der Waals surface area contributed by atoms with Crippen LogP contribution in [0.15, 0.2) is 0 Å². The highest BCUT2D eigenvalue weighted by atomic mass is 16.5. The molecule has 2 N–H and O–H groups in total. The largest absolute Gasteiger partial charge is 0.381 e. The van der Waals surface area contributed by atoms with Crippen molar-refractivity contribution in [2.75, 3.05) is 20.2 Å². The Kier molecular flexibility index (Phi) is 4.59. The Morgan fingerprint density at radius 3 is 2.78 bits per heavy atom. The Morgan fingerprint density at radius 1 is 1.44 bits per heavy atom. The van der Waals surface area contributed by atoms with Crippen molar-refractivity contribution < 1.29 is 14.3 Å². The molecule has 2 rings (SSSR count). The van der Waals surface area contributed by atoms with E-state index in [0.717, 1.165) is 32.2 Å². The van der Waals surface area contributed by atoms with Crippen molar-refractivity contribution in [1.29, 1.82) is 0 Å². The second-order valence-electron chi connectivity index (χ2n) is 5.32. The first kappa shape index (κ1) is 13.8. The van der Waals surface area contributed by atoms with Gasteiger partial charge in [0.2, 0.25) is 0 Å². The molecule has 2 aliphatic heterocycles. The monoisotopic (exact) mass is 256 g/mol. The van der Waals surface area contributed by atoms with E-state index in [2.05, 4.69) is 6.92 Å². The molecule has 1 amide bonds. The Morgan fingerprint density at radius 2 is 2.22 bits per heavy atom. The molecule has 0 spiro atoms. The van der Waals surface area contributed by atoms with Gasteiger partial charge in [0.15, 0.2) is 0 Å². The van der Waals surface area contributed by atoms with Gasteiger partial charge in [-0.2, -0.15) is 0 Å². The zero-order chi connectivity index (χ0) is 13.1. The standard InChI is InChI=1S/C13H24N2O3/c1-9-7-10(17-2)5-6-15(9)13(16)12-4-3-11(8-14)18-12/h9-12H,3-8,14H2,1-2H3. The van der Waals surface area contributed by atoms with Gasteiger partial charge in [0.05, 0.1) is 12.2 Å². The molecule has 5 nitrogen and oxygen atoms in total. The van der Waals surface area contributed by atoms with Crippen LogP contribution in [0.25, 0.3) is 0 Å². The van der Waals surface area contributed by atoms with Crippen LogP contribution >= 0.6 is 0 Å². The molecule has 0 saturated carbocycles. The van der Waals surface area contributed by atoms with Crippen molar-refractivity contribution >= 4 is 5.91 Å². The lowest BCUT2D eigenvalue weighted by Gasteiger charge is -2.38. The van der Waals surface area contributed by atoms with Crippen LogP contribution in [0.1, 0.15) is 32.6 Å². The Labute approximate surface area is 109 Å². The summed E-state index contributed by atoms with van der Waals surface area (Å²) in [6, 6.07) is 0.233. The number of ether oxygens (including phenoxy) is 2. The third-order valence-electron chi connectivity index (χ3n) is 4.09. The van der Waals surface area contributed by atoms with Crippen LogP contribution in [0.5, 0.6) is 0 Å². The topological polar surface area (TPSA) is 64.8 Å². The van der Waals surface area contributed by atoms with Crippen molar-refractivity contribution in [3.8, 4) is 0 Å². The first-order valence-electron chi connectivity index (χ1n) is 6.84. The number of amides is 1. The second kappa shape index (κ2) is 5.99. The summed E-state index contributed by atoms with van der Waals surface area (Å²) in [5.41, 5.74) is 5.57. The average Bonchev–Trinajstić information content (AvgIpc) is 2.86. The van der Waals surface area contributed by atoms with Crippen molar-refractivity contribution in [1.82, 2.24) is 4.90 Å². The molecule has 2 aliphatic rings. The molecule has 0 aromatic rings. The lowest BCUT2D eigenvalue weighted by atomic mass is 9.99. The van der Waals surface area contributed by atoms with Crippen LogP contribution < -0.4 is 5.73 Å². The molecule has 4 unspecified atom stereocenters. The fourth-order valence-corrected chi connectivity index (χ4v) is 2.92. The van der Waals surface area contributed by atoms with Gasteiger partial charge in [-0.3, -0.25) is 4.79 Å². The van der Waals surface area contributed by atoms with Crippen molar-refractivity contribution in [2.45, 2.75) is 57.0 Å². The number of rotatable bonds is 3. The number of nitrogens with two attached hydrogens (primary N) is 1. The van der Waals surface area contributed by atoms with Crippen LogP contribution in [0.4, 0.5) is 0 Å². The molecular weight excluding hydrogens is 232 g/mol. The Hall–Kier alpha value is -0.650. The maximum atomic E-state index is 12.4. The normalized spacial score (nSPS) is 36.9. The maximum absolute atomic E-state index is 12.4. The third-order valence-corrected chi connectivity index (χ3v) is 4.09. The van der Waals surface area contributed by atoms with Gasteiger partial charge >= 0.3 is 0 Å². The summed E-state index contributed by atoms with van der Waals surface area (Å²) in [5, 5.41) is 0. The van der Waals surface area contributed by atoms with Gasteiger partial charge in [-0.15, -0.1) is 0 Å². The van der Waals surface area contributed by atoms with E-state index < -0.39 is 0 Å². The van der Waals surface area contributed by atoms with Gasteiger partial charge in [-0.05, 0) is 32.6 Å². The number of carbonyl (C=O) groups excluding carboxylic acids is 1. The molecule has 18 heavy (non-hydrogen) atoms. The molecule has 0 aliphatic carbocycles. The summed E-state index contributed by atoms with van der Waals surface area (Å²) < 4.78 is 11.0. The summed E-state index contributed by atoms with van der Waals surface area (Å²) in [6.45, 7) is 3.36. The van der Waals surface area contributed by atoms with Gasteiger partial charge in [-0.1, -0.05) is 0 Å². The number of likely N-dealkylation sites (tertiary alicyclic amines) is 1. The number of methoxy groups -OCH3 is 1. The van der Waals surface area contributed by atoms with E-state index in [-0.39, 0.29) is 30.3 Å². The first-order valence-corrected chi connectivity index (χ1v) is 6.84. The molecule has 2 fully saturated rings. The molecule has 0 aromatic carbocycles. The van der Waals surface area contributed by atoms with E-state index in [0.29, 0.717) is 6.54 Å². The van der Waals surface area contributed by atoms with Crippen LogP contribution in [0.2, 0.25) is 0 Å². The molecule has 0 radical (unpaired) electrons. The van der Waals surface area contributed by atoms with E-state index in [9.17, 15) is 4.79 Å². The summed E-state index contributed by atoms with van der Waals surface area (Å²) >= 11 is 0. The van der Waals surface area contributed by atoms with Gasteiger partial charge in [0.1, 0.15) is 6.10 Å². The minimum absolute atomic E-state index is 0.0609. The molecule has 104 valence electrons. The van der Waals surface area contributed by atoms with Gasteiger partial charge < -0.3 is 20.1 Å². The van der Waals surface area contributed by atoms with Gasteiger partial charge in [0, 0.05) is 26.2 Å². The van der Waals surface area contributed by atoms with Crippen LogP contribution in [0.3, 0.4) is 0 Å². The predicted octanol–water partition coefficient (Wildman–Crippen LogP) is 0.519. The zero-order valence-electron chi connectivity index (χ0n) is 11.3. The first-order chi connectivity index (χ1) is 8.65. The summed E-state index contributed by atoms with van der Waals surface area (Å²) in [7, 11) is 1.74. The second-order valence-corrected chi connectivity index (χ2v) is 5.32. The van der Waals surface area contributed by atoms with E-state index in [1.165, 1.54) is 0 Å². The quantitative estimate of drug-likeness (QED) is 0.799. The van der Waals surface area contributed by atoms with Gasteiger partial charge in [-0.25, -0.2) is 0 Å². The Balaban J connectivity index is 1.90. The number of hydrogen-bond acceptors (Lipinski definition) is 4. The molecular formula is C13H24N2O3. The highest BCUT2D eigenvalue weighted by Crippen LogP contribution is 2.25. The Bertz CT molecular complexity index is 298. The maximum Gasteiger partial charge on any atom is 0.251 e. The summed E-state index contributed by atoms with van der Waals surface area (Å²) in [6.07, 6.45) is 3.60. The van der Waals surface area contributed by atoms with Crippen molar-refractivity contribution in [3.63, 3.8) is 0 Å². The fourth-order valence-electron chi connectivity index (χ4n) is 2.92. The van der Waals surface area contributed by atoms with E-state index in [1.54, 1.807) is 7.11 Å². The van der Waals surface area contributed by atoms with E-state index in [1.807, 2.05) is 4.90 Å². The number of nitrogens with zero attached hydrogens (tertiary/aromatic N) is 1. The zero-order valence-corrected chi connectivity index (χ0v) is 11.3. The highest BCUT2D eigenvalue weighted by Gasteiger charge is 2.36. The van der Waals surface area contributed by atoms with Crippen molar-refractivity contribution in [3.05, 3.63) is 0 Å². The van der Waals surface area contributed by atoms with Crippen LogP contribution in [-0.2, 0) is 14.3 Å². The molecule has 2 heterocycles. The molecule has 2 saturated heterocycles. The minimum atomic E-state index is -0.278. The molecule has 5 heteroatoms. The molecule has 0 bridgehead atoms. The third kappa shape index (κ3) is 2.84. The lowest BCUT2D eigenvalue weighted by molar-refractivity contribution is -0.148. The summed E-state index contributed by atoms with van der Waals surface area (Å²) in [5.74, 6) is 0.132. The number of piperidine rings is 1. The number of carbonyl (C=O) groups is 1. The van der Waals surface area contributed by atoms with Gasteiger partial charge in [0.25, 0.3) is 5.91 Å². The smallest absolute Gasteiger partial charge is 0.251 e.